The van der Waals surface area contributed by atoms with E-state index in [9.17, 15) is 9.59 Å². The first-order valence-electron chi connectivity index (χ1n) is 5.97. The van der Waals surface area contributed by atoms with Crippen molar-refractivity contribution in [3.63, 3.8) is 0 Å². The average molecular weight is 264 g/mol. The van der Waals surface area contributed by atoms with E-state index in [0.29, 0.717) is 17.0 Å². The van der Waals surface area contributed by atoms with Gasteiger partial charge in [0.05, 0.1) is 18.3 Å². The minimum Gasteiger partial charge on any atom is -0.482 e. The van der Waals surface area contributed by atoms with E-state index >= 15 is 0 Å². The summed E-state index contributed by atoms with van der Waals surface area (Å²) >= 11 is 0. The van der Waals surface area contributed by atoms with Crippen molar-refractivity contribution in [2.45, 2.75) is 13.0 Å². The number of ether oxygens (including phenoxy) is 1. The SMILES string of the molecule is CC(CO)N(C)C(=O)c1ccc2c(c1)NC(=O)CO2. The molecule has 0 spiro atoms. The molecule has 2 amide bonds. The third-order valence-electron chi connectivity index (χ3n) is 3.11. The van der Waals surface area contributed by atoms with E-state index < -0.39 is 0 Å². The van der Waals surface area contributed by atoms with Crippen LogP contribution >= 0.6 is 0 Å². The first-order chi connectivity index (χ1) is 9.02. The Morgan fingerprint density at radius 1 is 1.58 bits per heavy atom. The fourth-order valence-electron chi connectivity index (χ4n) is 1.74. The Balaban J connectivity index is 2.24. The number of aliphatic hydroxyl groups is 1. The van der Waals surface area contributed by atoms with Crippen molar-refractivity contribution in [2.75, 3.05) is 25.6 Å². The molecule has 2 N–H and O–H groups in total. The van der Waals surface area contributed by atoms with Gasteiger partial charge in [-0.25, -0.2) is 0 Å². The summed E-state index contributed by atoms with van der Waals surface area (Å²) in [6.07, 6.45) is 0. The second-order valence-electron chi connectivity index (χ2n) is 4.50. The molecule has 0 radical (unpaired) electrons. The number of fused-ring (bicyclic) bond motifs is 1. The zero-order valence-electron chi connectivity index (χ0n) is 10.8. The quantitative estimate of drug-likeness (QED) is 0.831. The normalized spacial score (nSPS) is 15.0. The van der Waals surface area contributed by atoms with Crippen LogP contribution in [0.15, 0.2) is 18.2 Å². The third kappa shape index (κ3) is 2.68. The maximum atomic E-state index is 12.2. The van der Waals surface area contributed by atoms with Crippen LogP contribution in [-0.2, 0) is 4.79 Å². The van der Waals surface area contributed by atoms with E-state index in [2.05, 4.69) is 5.32 Å². The highest BCUT2D eigenvalue weighted by Crippen LogP contribution is 2.28. The summed E-state index contributed by atoms with van der Waals surface area (Å²) in [7, 11) is 1.62. The molecule has 0 aliphatic carbocycles. The van der Waals surface area contributed by atoms with Crippen LogP contribution in [-0.4, -0.2) is 48.1 Å². The van der Waals surface area contributed by atoms with Gasteiger partial charge in [-0.1, -0.05) is 0 Å². The van der Waals surface area contributed by atoms with Crippen LogP contribution in [0.2, 0.25) is 0 Å². The minimum atomic E-state index is -0.269. The lowest BCUT2D eigenvalue weighted by Crippen LogP contribution is -2.37. The molecule has 1 aromatic rings. The molecule has 102 valence electrons. The summed E-state index contributed by atoms with van der Waals surface area (Å²) in [5, 5.41) is 11.7. The highest BCUT2D eigenvalue weighted by atomic mass is 16.5. The number of nitrogens with zero attached hydrogens (tertiary/aromatic N) is 1. The molecule has 2 rings (SSSR count). The Hall–Kier alpha value is -2.08. The van der Waals surface area contributed by atoms with Crippen molar-refractivity contribution in [1.29, 1.82) is 0 Å². The maximum Gasteiger partial charge on any atom is 0.262 e. The number of anilines is 1. The number of benzene rings is 1. The number of hydrogen-bond acceptors (Lipinski definition) is 4. The van der Waals surface area contributed by atoms with E-state index in [1.165, 1.54) is 4.90 Å². The summed E-state index contributed by atoms with van der Waals surface area (Å²) < 4.78 is 5.22. The average Bonchev–Trinajstić information content (AvgIpc) is 2.43. The van der Waals surface area contributed by atoms with Crippen molar-refractivity contribution in [3.8, 4) is 5.75 Å². The van der Waals surface area contributed by atoms with Crippen molar-refractivity contribution in [3.05, 3.63) is 23.8 Å². The number of aliphatic hydroxyl groups excluding tert-OH is 1. The van der Waals surface area contributed by atoms with Crippen molar-refractivity contribution >= 4 is 17.5 Å². The summed E-state index contributed by atoms with van der Waals surface area (Å²) in [4.78, 5) is 24.9. The van der Waals surface area contributed by atoms with Gasteiger partial charge in [-0.05, 0) is 25.1 Å². The van der Waals surface area contributed by atoms with Crippen LogP contribution in [0.1, 0.15) is 17.3 Å². The monoisotopic (exact) mass is 264 g/mol. The number of rotatable bonds is 3. The molecule has 0 aromatic heterocycles. The zero-order valence-corrected chi connectivity index (χ0v) is 10.8. The van der Waals surface area contributed by atoms with Gasteiger partial charge in [-0.3, -0.25) is 9.59 Å². The molecule has 1 atom stereocenters. The number of likely N-dealkylation sites (N-methyl/N-ethyl adjacent to an activating group) is 1. The van der Waals surface area contributed by atoms with E-state index in [-0.39, 0.29) is 31.1 Å². The van der Waals surface area contributed by atoms with Crippen molar-refractivity contribution in [1.82, 2.24) is 4.90 Å². The number of hydrogen-bond donors (Lipinski definition) is 2. The molecule has 1 heterocycles. The summed E-state index contributed by atoms with van der Waals surface area (Å²) in [6, 6.07) is 4.60. The van der Waals surface area contributed by atoms with Gasteiger partial charge in [0.2, 0.25) is 0 Å². The van der Waals surface area contributed by atoms with Gasteiger partial charge in [0.15, 0.2) is 6.61 Å². The first-order valence-corrected chi connectivity index (χ1v) is 5.97. The zero-order chi connectivity index (χ0) is 14.0. The largest absolute Gasteiger partial charge is 0.482 e. The van der Waals surface area contributed by atoms with Crippen LogP contribution in [0.3, 0.4) is 0 Å². The molecular weight excluding hydrogens is 248 g/mol. The molecule has 19 heavy (non-hydrogen) atoms. The molecule has 1 aromatic carbocycles. The van der Waals surface area contributed by atoms with Gasteiger partial charge >= 0.3 is 0 Å². The molecular formula is C13H16N2O4. The van der Waals surface area contributed by atoms with E-state index in [1.54, 1.807) is 32.2 Å². The van der Waals surface area contributed by atoms with Gasteiger partial charge < -0.3 is 20.1 Å². The maximum absolute atomic E-state index is 12.2. The van der Waals surface area contributed by atoms with Gasteiger partial charge in [0.1, 0.15) is 5.75 Å². The molecule has 1 unspecified atom stereocenters. The van der Waals surface area contributed by atoms with Crippen LogP contribution in [0, 0.1) is 0 Å². The highest BCUT2D eigenvalue weighted by molar-refractivity contribution is 5.99. The fourth-order valence-corrected chi connectivity index (χ4v) is 1.74. The lowest BCUT2D eigenvalue weighted by atomic mass is 10.1. The standard InChI is InChI=1S/C13H16N2O4/c1-8(6-16)15(2)13(18)9-3-4-11-10(5-9)14-12(17)7-19-11/h3-5,8,16H,6-7H2,1-2H3,(H,14,17). The van der Waals surface area contributed by atoms with E-state index in [0.717, 1.165) is 0 Å². The molecule has 0 saturated carbocycles. The Bertz CT molecular complexity index is 515. The molecule has 6 nitrogen and oxygen atoms in total. The minimum absolute atomic E-state index is 0.0122. The predicted octanol–water partition coefficient (Wildman–Crippen LogP) is 0.470. The smallest absolute Gasteiger partial charge is 0.262 e. The Morgan fingerprint density at radius 2 is 2.32 bits per heavy atom. The molecule has 0 fully saturated rings. The van der Waals surface area contributed by atoms with Gasteiger partial charge in [0.25, 0.3) is 11.8 Å². The number of carbonyl (C=O) groups excluding carboxylic acids is 2. The van der Waals surface area contributed by atoms with Gasteiger partial charge in [0, 0.05) is 12.6 Å². The van der Waals surface area contributed by atoms with Gasteiger partial charge in [-0.15, -0.1) is 0 Å². The highest BCUT2D eigenvalue weighted by Gasteiger charge is 2.21. The summed E-state index contributed by atoms with van der Waals surface area (Å²) in [6.45, 7) is 1.63. The molecule has 0 saturated heterocycles. The number of carbonyl (C=O) groups is 2. The third-order valence-corrected chi connectivity index (χ3v) is 3.11. The van der Waals surface area contributed by atoms with Gasteiger partial charge in [-0.2, -0.15) is 0 Å². The molecule has 1 aliphatic heterocycles. The van der Waals surface area contributed by atoms with Crippen LogP contribution in [0.4, 0.5) is 5.69 Å². The lowest BCUT2D eigenvalue weighted by molar-refractivity contribution is -0.118. The lowest BCUT2D eigenvalue weighted by Gasteiger charge is -2.24. The Morgan fingerprint density at radius 3 is 3.00 bits per heavy atom. The van der Waals surface area contributed by atoms with Crippen LogP contribution in [0.5, 0.6) is 5.75 Å². The van der Waals surface area contributed by atoms with Crippen LogP contribution < -0.4 is 10.1 Å². The second kappa shape index (κ2) is 5.27. The number of nitrogens with one attached hydrogen (secondary N) is 1. The van der Waals surface area contributed by atoms with E-state index in [1.807, 2.05) is 0 Å². The molecule has 6 heteroatoms. The summed E-state index contributed by atoms with van der Waals surface area (Å²) in [5.74, 6) is 0.0901. The Labute approximate surface area is 111 Å². The molecule has 0 bridgehead atoms. The first kappa shape index (κ1) is 13.4. The fraction of sp³-hybridized carbons (Fsp3) is 0.385. The van der Waals surface area contributed by atoms with Crippen LogP contribution in [0.25, 0.3) is 0 Å². The van der Waals surface area contributed by atoms with E-state index in [4.69, 9.17) is 9.84 Å². The van der Waals surface area contributed by atoms with Crippen molar-refractivity contribution < 1.29 is 19.4 Å². The topological polar surface area (TPSA) is 78.9 Å². The summed E-state index contributed by atoms with van der Waals surface area (Å²) in [5.41, 5.74) is 0.930. The molecule has 1 aliphatic rings. The number of amides is 2. The second-order valence-corrected chi connectivity index (χ2v) is 4.50. The predicted molar refractivity (Wildman–Crippen MR) is 69.2 cm³/mol. The van der Waals surface area contributed by atoms with Crippen molar-refractivity contribution in [2.24, 2.45) is 0 Å². The Kier molecular flexibility index (Phi) is 3.71.